The second-order valence-electron chi connectivity index (χ2n) is 6.86. The van der Waals surface area contributed by atoms with Gasteiger partial charge in [0, 0.05) is 18.7 Å². The van der Waals surface area contributed by atoms with Gasteiger partial charge >= 0.3 is 0 Å². The van der Waals surface area contributed by atoms with E-state index in [0.717, 1.165) is 51.9 Å². The average Bonchev–Trinajstić information content (AvgIpc) is 3.14. The number of fused-ring (bicyclic) bond motifs is 1. The van der Waals surface area contributed by atoms with Gasteiger partial charge in [-0.05, 0) is 56.8 Å². The number of hydrogen-bond acceptors (Lipinski definition) is 5. The van der Waals surface area contributed by atoms with Crippen molar-refractivity contribution in [1.82, 2.24) is 9.88 Å². The molecule has 3 aromatic rings. The van der Waals surface area contributed by atoms with Gasteiger partial charge in [0.05, 0.1) is 16.8 Å². The molecule has 0 saturated heterocycles. The molecule has 30 heavy (non-hydrogen) atoms. The predicted octanol–water partition coefficient (Wildman–Crippen LogP) is 5.41. The van der Waals surface area contributed by atoms with Gasteiger partial charge in [0.15, 0.2) is 5.13 Å². The standard InChI is InChI=1S/C23H29N3O2S.ClH/c1-5-25(6-2)14-15-26(22(27)19-11-9-8-10-17(19)4)23-24-20-13-12-18(28-7-3)16-21(20)29-23;/h8-13,16H,5-7,14-15H2,1-4H3;1H. The van der Waals surface area contributed by atoms with Gasteiger partial charge in [0.1, 0.15) is 5.75 Å². The molecule has 7 heteroatoms. The molecule has 3 rings (SSSR count). The van der Waals surface area contributed by atoms with E-state index in [1.165, 1.54) is 11.3 Å². The van der Waals surface area contributed by atoms with Crippen LogP contribution in [0.15, 0.2) is 42.5 Å². The highest BCUT2D eigenvalue weighted by atomic mass is 35.5. The highest BCUT2D eigenvalue weighted by molar-refractivity contribution is 7.22. The minimum atomic E-state index is -0.000607. The Bertz CT molecular complexity index is 972. The number of ether oxygens (including phenoxy) is 1. The summed E-state index contributed by atoms with van der Waals surface area (Å²) < 4.78 is 6.64. The number of amides is 1. The molecule has 1 aromatic heterocycles. The van der Waals surface area contributed by atoms with Crippen LogP contribution in [0.2, 0.25) is 0 Å². The number of thiazole rings is 1. The van der Waals surface area contributed by atoms with Crippen LogP contribution in [-0.4, -0.2) is 48.6 Å². The summed E-state index contributed by atoms with van der Waals surface area (Å²) in [6.45, 7) is 12.2. The Morgan fingerprint density at radius 2 is 1.80 bits per heavy atom. The van der Waals surface area contributed by atoms with Gasteiger partial charge < -0.3 is 9.64 Å². The van der Waals surface area contributed by atoms with E-state index in [2.05, 4.69) is 18.7 Å². The van der Waals surface area contributed by atoms with Crippen molar-refractivity contribution < 1.29 is 9.53 Å². The van der Waals surface area contributed by atoms with Crippen molar-refractivity contribution in [3.63, 3.8) is 0 Å². The zero-order valence-corrected chi connectivity index (χ0v) is 19.7. The maximum absolute atomic E-state index is 13.5. The van der Waals surface area contributed by atoms with Crippen molar-refractivity contribution in [2.45, 2.75) is 27.7 Å². The Hall–Kier alpha value is -2.15. The number of halogens is 1. The first-order valence-corrected chi connectivity index (χ1v) is 11.0. The van der Waals surface area contributed by atoms with Crippen molar-refractivity contribution in [2.75, 3.05) is 37.7 Å². The number of hydrogen-bond donors (Lipinski definition) is 0. The number of aryl methyl sites for hydroxylation is 1. The smallest absolute Gasteiger partial charge is 0.260 e. The number of benzene rings is 2. The highest BCUT2D eigenvalue weighted by Crippen LogP contribution is 2.32. The summed E-state index contributed by atoms with van der Waals surface area (Å²) in [5.74, 6) is 0.828. The third kappa shape index (κ3) is 5.50. The first-order valence-electron chi connectivity index (χ1n) is 10.2. The van der Waals surface area contributed by atoms with E-state index in [-0.39, 0.29) is 18.3 Å². The largest absolute Gasteiger partial charge is 0.494 e. The molecule has 162 valence electrons. The summed E-state index contributed by atoms with van der Waals surface area (Å²) in [4.78, 5) is 22.4. The van der Waals surface area contributed by atoms with Gasteiger partial charge in [0.25, 0.3) is 5.91 Å². The van der Waals surface area contributed by atoms with Gasteiger partial charge in [0.2, 0.25) is 0 Å². The molecule has 1 amide bonds. The van der Waals surface area contributed by atoms with E-state index in [4.69, 9.17) is 9.72 Å². The van der Waals surface area contributed by atoms with E-state index >= 15 is 0 Å². The zero-order chi connectivity index (χ0) is 20.8. The van der Waals surface area contributed by atoms with E-state index in [1.54, 1.807) is 0 Å². The number of rotatable bonds is 9. The third-order valence-electron chi connectivity index (χ3n) is 5.05. The minimum Gasteiger partial charge on any atom is -0.494 e. The highest BCUT2D eigenvalue weighted by Gasteiger charge is 2.23. The van der Waals surface area contributed by atoms with Crippen LogP contribution in [0.1, 0.15) is 36.7 Å². The first kappa shape index (κ1) is 24.1. The van der Waals surface area contributed by atoms with E-state index in [0.29, 0.717) is 13.2 Å². The molecule has 0 atom stereocenters. The van der Waals surface area contributed by atoms with Crippen LogP contribution in [0.25, 0.3) is 10.2 Å². The zero-order valence-electron chi connectivity index (χ0n) is 18.1. The van der Waals surface area contributed by atoms with Crippen LogP contribution in [-0.2, 0) is 0 Å². The number of carbonyl (C=O) groups excluding carboxylic acids is 1. The van der Waals surface area contributed by atoms with Crippen LogP contribution < -0.4 is 9.64 Å². The molecule has 0 spiro atoms. The van der Waals surface area contributed by atoms with Gasteiger partial charge in [-0.3, -0.25) is 9.69 Å². The Morgan fingerprint density at radius 1 is 1.07 bits per heavy atom. The molecule has 0 aliphatic rings. The third-order valence-corrected chi connectivity index (χ3v) is 6.09. The number of likely N-dealkylation sites (N-methyl/N-ethyl adjacent to an activating group) is 1. The lowest BCUT2D eigenvalue weighted by molar-refractivity contribution is 0.0983. The average molecular weight is 448 g/mol. The second kappa shape index (κ2) is 11.3. The van der Waals surface area contributed by atoms with Gasteiger partial charge in [-0.2, -0.15) is 0 Å². The van der Waals surface area contributed by atoms with Crippen molar-refractivity contribution in [3.05, 3.63) is 53.6 Å². The summed E-state index contributed by atoms with van der Waals surface area (Å²) in [5, 5.41) is 0.731. The molecule has 0 aliphatic carbocycles. The molecular formula is C23H30ClN3O2S. The molecule has 0 bridgehead atoms. The van der Waals surface area contributed by atoms with Gasteiger partial charge in [-0.25, -0.2) is 4.98 Å². The lowest BCUT2D eigenvalue weighted by Gasteiger charge is -2.25. The summed E-state index contributed by atoms with van der Waals surface area (Å²) in [6.07, 6.45) is 0. The maximum Gasteiger partial charge on any atom is 0.260 e. The first-order chi connectivity index (χ1) is 14.1. The van der Waals surface area contributed by atoms with E-state index in [1.807, 2.05) is 61.2 Å². The van der Waals surface area contributed by atoms with Gasteiger partial charge in [-0.15, -0.1) is 12.4 Å². The molecule has 0 aliphatic heterocycles. The summed E-state index contributed by atoms with van der Waals surface area (Å²) in [5.41, 5.74) is 2.59. The lowest BCUT2D eigenvalue weighted by atomic mass is 10.1. The van der Waals surface area contributed by atoms with Crippen LogP contribution in [0.3, 0.4) is 0 Å². The van der Waals surface area contributed by atoms with Crippen LogP contribution in [0.5, 0.6) is 5.75 Å². The number of nitrogens with zero attached hydrogens (tertiary/aromatic N) is 3. The SMILES string of the molecule is CCOc1ccc2nc(N(CCN(CC)CC)C(=O)c3ccccc3C)sc2c1.Cl. The molecule has 0 radical (unpaired) electrons. The Morgan fingerprint density at radius 3 is 2.47 bits per heavy atom. The van der Waals surface area contributed by atoms with Crippen molar-refractivity contribution in [2.24, 2.45) is 0 Å². The topological polar surface area (TPSA) is 45.7 Å². The van der Waals surface area contributed by atoms with Crippen LogP contribution in [0.4, 0.5) is 5.13 Å². The molecule has 0 saturated carbocycles. The summed E-state index contributed by atoms with van der Waals surface area (Å²) in [7, 11) is 0. The number of aromatic nitrogens is 1. The molecule has 1 heterocycles. The molecule has 0 N–H and O–H groups in total. The van der Waals surface area contributed by atoms with Crippen LogP contribution in [0, 0.1) is 6.92 Å². The van der Waals surface area contributed by atoms with Crippen molar-refractivity contribution in [1.29, 1.82) is 0 Å². The summed E-state index contributed by atoms with van der Waals surface area (Å²) in [6, 6.07) is 13.6. The lowest BCUT2D eigenvalue weighted by Crippen LogP contribution is -2.39. The molecule has 0 fully saturated rings. The fourth-order valence-corrected chi connectivity index (χ4v) is 4.31. The Kier molecular flexibility index (Phi) is 9.08. The van der Waals surface area contributed by atoms with Gasteiger partial charge in [-0.1, -0.05) is 43.4 Å². The van der Waals surface area contributed by atoms with E-state index < -0.39 is 0 Å². The molecule has 5 nitrogen and oxygen atoms in total. The quantitative estimate of drug-likeness (QED) is 0.439. The molecular weight excluding hydrogens is 418 g/mol. The molecule has 0 unspecified atom stereocenters. The van der Waals surface area contributed by atoms with Crippen molar-refractivity contribution >= 4 is 45.0 Å². The molecule has 2 aromatic carbocycles. The van der Waals surface area contributed by atoms with Crippen LogP contribution >= 0.6 is 23.7 Å². The van der Waals surface area contributed by atoms with Crippen molar-refractivity contribution in [3.8, 4) is 5.75 Å². The minimum absolute atomic E-state index is 0. The fourth-order valence-electron chi connectivity index (χ4n) is 3.29. The Labute approximate surface area is 189 Å². The second-order valence-corrected chi connectivity index (χ2v) is 7.87. The van der Waals surface area contributed by atoms with E-state index in [9.17, 15) is 4.79 Å². The monoisotopic (exact) mass is 447 g/mol. The summed E-state index contributed by atoms with van der Waals surface area (Å²) >= 11 is 1.54. The predicted molar refractivity (Wildman–Crippen MR) is 129 cm³/mol. The fraction of sp³-hybridized carbons (Fsp3) is 0.391. The number of carbonyl (C=O) groups is 1. The normalized spacial score (nSPS) is 10.8. The Balaban J connectivity index is 0.00000320. The maximum atomic E-state index is 13.5. The number of anilines is 1.